The molecule has 100 heavy (non-hydrogen) atoms. The second-order valence-corrected chi connectivity index (χ2v) is 24.3. The minimum absolute atomic E-state index is 0.0357. The number of ether oxygens (including phenoxy) is 3. The van der Waals surface area contributed by atoms with Crippen LogP contribution >= 0.6 is 0 Å². The Balaban J connectivity index is 0.000000152. The van der Waals surface area contributed by atoms with Crippen LogP contribution in [0.5, 0.6) is 17.2 Å². The number of carbonyl (C=O) groups excluding carboxylic acids is 1. The van der Waals surface area contributed by atoms with Crippen molar-refractivity contribution in [3.63, 3.8) is 0 Å². The van der Waals surface area contributed by atoms with Gasteiger partial charge in [0.05, 0.1) is 115 Å². The molecule has 0 aliphatic heterocycles. The first-order chi connectivity index (χ1) is 48.7. The highest BCUT2D eigenvalue weighted by atomic mass is 19.1. The Bertz CT molecular complexity index is 4720. The largest absolute Gasteiger partial charge is 0.497 e. The van der Waals surface area contributed by atoms with Gasteiger partial charge in [-0.2, -0.15) is 15.3 Å². The number of halogens is 1. The number of fused-ring (bicyclic) bond motifs is 3. The number of carbonyl (C=O) groups is 1. The predicted octanol–water partition coefficient (Wildman–Crippen LogP) is 11.2. The number of nitrogens with two attached hydrogens (primary N) is 1. The Hall–Kier alpha value is -11.0. The second kappa shape index (κ2) is 33.0. The molecule has 0 saturated heterocycles. The quantitative estimate of drug-likeness (QED) is 0.0373. The van der Waals surface area contributed by atoms with E-state index in [2.05, 4.69) is 106 Å². The predicted molar refractivity (Wildman–Crippen MR) is 391 cm³/mol. The number of rotatable bonds is 27. The minimum atomic E-state index is -0.349. The Morgan fingerprint density at radius 1 is 0.570 bits per heavy atom. The Labute approximate surface area is 581 Å². The first-order valence-electron chi connectivity index (χ1n) is 33.4. The third-order valence-corrected chi connectivity index (χ3v) is 17.2. The lowest BCUT2D eigenvalue weighted by Crippen LogP contribution is -2.27. The summed E-state index contributed by atoms with van der Waals surface area (Å²) in [5, 5.41) is 28.5. The maximum Gasteiger partial charge on any atom is 0.241 e. The monoisotopic (exact) mass is 1350 g/mol. The van der Waals surface area contributed by atoms with E-state index in [1.165, 1.54) is 37.6 Å². The molecule has 0 atom stereocenters. The molecule has 6 aromatic carbocycles. The smallest absolute Gasteiger partial charge is 0.241 e. The highest BCUT2D eigenvalue weighted by Crippen LogP contribution is 2.39. The summed E-state index contributed by atoms with van der Waals surface area (Å²) >= 11 is 0. The Morgan fingerprint density at radius 2 is 1.05 bits per heavy atom. The number of amides is 1. The van der Waals surface area contributed by atoms with Crippen LogP contribution in [0, 0.1) is 11.7 Å². The van der Waals surface area contributed by atoms with Gasteiger partial charge in [0, 0.05) is 154 Å². The van der Waals surface area contributed by atoms with E-state index in [0.717, 1.165) is 134 Å². The number of hydrogen-bond acceptors (Lipinski definition) is 20. The van der Waals surface area contributed by atoms with Gasteiger partial charge in [0.2, 0.25) is 5.91 Å². The van der Waals surface area contributed by atoms with Gasteiger partial charge in [0.25, 0.3) is 0 Å². The zero-order valence-corrected chi connectivity index (χ0v) is 58.0. The third kappa shape index (κ3) is 17.6. The van der Waals surface area contributed by atoms with Crippen molar-refractivity contribution >= 4 is 73.1 Å². The van der Waals surface area contributed by atoms with Crippen LogP contribution in [0.2, 0.25) is 0 Å². The number of aryl methyl sites for hydroxylation is 2. The molecular formula is C75H86FN19O5. The number of aromatic nitrogens is 12. The van der Waals surface area contributed by atoms with E-state index < -0.39 is 0 Å². The maximum atomic E-state index is 14.2. The summed E-state index contributed by atoms with van der Waals surface area (Å²) in [7, 11) is 12.0. The van der Waals surface area contributed by atoms with Crippen molar-refractivity contribution < 1.29 is 28.5 Å². The average molecular weight is 1350 g/mol. The van der Waals surface area contributed by atoms with Crippen LogP contribution in [-0.4, -0.2) is 156 Å². The maximum absolute atomic E-state index is 14.2. The lowest BCUT2D eigenvalue weighted by Gasteiger charge is -2.27. The Kier molecular flexibility index (Phi) is 23.2. The summed E-state index contributed by atoms with van der Waals surface area (Å²) in [5.74, 6) is 2.10. The molecular weight excluding hydrogens is 1270 g/mol. The van der Waals surface area contributed by atoms with Crippen LogP contribution in [0.1, 0.15) is 44.2 Å². The van der Waals surface area contributed by atoms with Gasteiger partial charge in [0.1, 0.15) is 29.6 Å². The van der Waals surface area contributed by atoms with E-state index in [1.807, 2.05) is 111 Å². The molecule has 6 heterocycles. The number of likely N-dealkylation sites (N-methyl/N-ethyl adjacent to an activating group) is 2. The fraction of sp³-hybridized carbons (Fsp3) is 0.307. The van der Waals surface area contributed by atoms with Gasteiger partial charge < -0.3 is 50.4 Å². The van der Waals surface area contributed by atoms with Gasteiger partial charge in [-0.25, -0.2) is 19.3 Å². The van der Waals surface area contributed by atoms with Gasteiger partial charge in [-0.15, -0.1) is 0 Å². The molecule has 1 aliphatic carbocycles. The molecule has 1 fully saturated rings. The molecule has 24 nitrogen and oxygen atoms in total. The molecule has 1 saturated carbocycles. The van der Waals surface area contributed by atoms with Crippen LogP contribution in [0.4, 0.5) is 38.5 Å². The molecule has 25 heteroatoms. The van der Waals surface area contributed by atoms with Crippen LogP contribution in [-0.2, 0) is 38.6 Å². The van der Waals surface area contributed by atoms with E-state index >= 15 is 0 Å². The molecule has 6 aromatic heterocycles. The van der Waals surface area contributed by atoms with Gasteiger partial charge >= 0.3 is 0 Å². The third-order valence-electron chi connectivity index (χ3n) is 17.2. The first-order valence-corrected chi connectivity index (χ1v) is 33.4. The van der Waals surface area contributed by atoms with E-state index in [-0.39, 0.29) is 24.9 Å². The zero-order valence-electron chi connectivity index (χ0n) is 58.0. The molecule has 0 spiro atoms. The highest BCUT2D eigenvalue weighted by Gasteiger charge is 2.27. The van der Waals surface area contributed by atoms with Crippen molar-refractivity contribution in [3.8, 4) is 51.0 Å². The molecule has 5 N–H and O–H groups in total. The first kappa shape index (κ1) is 70.3. The summed E-state index contributed by atoms with van der Waals surface area (Å²) in [5.41, 5.74) is 23.4. The van der Waals surface area contributed by atoms with Crippen molar-refractivity contribution in [3.05, 3.63) is 182 Å². The fourth-order valence-corrected chi connectivity index (χ4v) is 11.6. The summed E-state index contributed by atoms with van der Waals surface area (Å²) in [4.78, 5) is 48.9. The number of hydrogen-bond donors (Lipinski definition) is 4. The molecule has 0 unspecified atom stereocenters. The van der Waals surface area contributed by atoms with Crippen LogP contribution in [0.25, 0.3) is 66.9 Å². The van der Waals surface area contributed by atoms with Gasteiger partial charge in [-0.3, -0.25) is 38.7 Å². The summed E-state index contributed by atoms with van der Waals surface area (Å²) in [6.07, 6.45) is 19.5. The summed E-state index contributed by atoms with van der Waals surface area (Å²) in [6, 6.07) is 35.1. The Morgan fingerprint density at radius 3 is 1.52 bits per heavy atom. The zero-order chi connectivity index (χ0) is 70.2. The number of methoxy groups -OCH3 is 3. The van der Waals surface area contributed by atoms with Crippen molar-refractivity contribution in [1.82, 2.24) is 74.8 Å². The number of aliphatic hydroxyl groups is 1. The van der Waals surface area contributed by atoms with E-state index in [4.69, 9.17) is 34.9 Å². The molecule has 0 radical (unpaired) electrons. The van der Waals surface area contributed by atoms with Crippen molar-refractivity contribution in [2.75, 3.05) is 95.9 Å². The van der Waals surface area contributed by atoms with Gasteiger partial charge in [-0.05, 0) is 136 Å². The minimum Gasteiger partial charge on any atom is -0.497 e. The average Bonchev–Trinajstić information content (AvgIpc) is 1.36. The molecule has 1 amide bonds. The van der Waals surface area contributed by atoms with Gasteiger partial charge in [0.15, 0.2) is 0 Å². The lowest BCUT2D eigenvalue weighted by molar-refractivity contribution is -0.121. The molecule has 1 aliphatic rings. The van der Waals surface area contributed by atoms with Crippen molar-refractivity contribution in [2.24, 2.45) is 25.7 Å². The standard InChI is InChI=1S/C28H34N6O.C25H29N7O3.C22H23FN6O/c1-4-33(5-2)16-21-10-22(19-35)12-25(11-21)34(17-20-6-7-20)24-8-9-26-27(13-24)31-28(15-29-26)23-14-30-32(3)18-23;1-27-25(33)16-31-15-17(13-29-31)24-14-28-22-6-5-18(11-23(22)30-24)32(8-4-7-26)19-9-20(34-2)12-21(10-19)35-3;1-24-6-7-29(18-8-16(23)9-19(10-18)30-3)17-4-5-20-21(11-17)27-22(13-25-20)15-12-26-28(2)14-15/h8-15,18,20,35H,4-7,16-17,19H2,1-3H3;5-6,9-15H,4,7-8,16,26H2,1-3H3,(H,27,33);4-5,8-14,24H,6-7H2,1-3H3. The van der Waals surface area contributed by atoms with E-state index in [1.54, 1.807) is 66.3 Å². The number of aliphatic hydroxyl groups excluding tert-OH is 1. The molecule has 518 valence electrons. The topological polar surface area (TPSA) is 259 Å². The summed E-state index contributed by atoms with van der Waals surface area (Å²) in [6.45, 7) is 11.0. The SMILES string of the molecule is CCN(CC)Cc1cc(CO)cc(N(CC2CC2)c2ccc3ncc(-c4cnn(C)c4)nc3c2)c1.CNC(=O)Cn1cc(-c2cnc3ccc(N(CCCN)c4cc(OC)cc(OC)c4)cc3n2)cn1.CNCCN(c1cc(F)cc(OC)c1)c1ccc2ncc(-c3cnn(C)c3)nc2c1. The molecule has 12 aromatic rings. The lowest BCUT2D eigenvalue weighted by atomic mass is 10.1. The fourth-order valence-electron chi connectivity index (χ4n) is 11.6. The van der Waals surface area contributed by atoms with E-state index in [9.17, 15) is 14.3 Å². The van der Waals surface area contributed by atoms with Crippen LogP contribution in [0.3, 0.4) is 0 Å². The normalized spacial score (nSPS) is 11.9. The van der Waals surface area contributed by atoms with Gasteiger partial charge in [-0.1, -0.05) is 19.9 Å². The number of nitrogens with zero attached hydrogens (tertiary/aromatic N) is 16. The summed E-state index contributed by atoms with van der Waals surface area (Å²) < 4.78 is 35.4. The number of nitrogens with one attached hydrogen (secondary N) is 2. The van der Waals surface area contributed by atoms with Crippen LogP contribution in [0.15, 0.2) is 165 Å². The van der Waals surface area contributed by atoms with E-state index in [0.29, 0.717) is 54.2 Å². The van der Waals surface area contributed by atoms with Crippen molar-refractivity contribution in [1.29, 1.82) is 0 Å². The second-order valence-electron chi connectivity index (χ2n) is 24.3. The molecule has 13 rings (SSSR count). The van der Waals surface area contributed by atoms with Crippen LogP contribution < -0.4 is 45.3 Å². The highest BCUT2D eigenvalue weighted by molar-refractivity contribution is 5.86. The molecule has 0 bridgehead atoms. The van der Waals surface area contributed by atoms with Crippen molar-refractivity contribution in [2.45, 2.75) is 52.8 Å². The number of anilines is 6. The number of benzene rings is 6.